The van der Waals surface area contributed by atoms with E-state index in [4.69, 9.17) is 4.74 Å². The summed E-state index contributed by atoms with van der Waals surface area (Å²) in [6.45, 7) is 3.65. The average Bonchev–Trinajstić information content (AvgIpc) is 2.62. The lowest BCUT2D eigenvalue weighted by atomic mass is 10.2. The second-order valence-electron chi connectivity index (χ2n) is 3.56. The molecule has 0 aromatic carbocycles. The Labute approximate surface area is 87.5 Å². The van der Waals surface area contributed by atoms with Crippen LogP contribution in [0.3, 0.4) is 0 Å². The number of nitrogens with zero attached hydrogens (tertiary/aromatic N) is 2. The molecule has 0 aliphatic rings. The monoisotopic (exact) mass is 204 g/mol. The molecule has 2 aromatic rings. The number of hydrogen-bond donors (Lipinski definition) is 0. The minimum absolute atomic E-state index is 0.103. The van der Waals surface area contributed by atoms with Crippen LogP contribution in [0.1, 0.15) is 24.2 Å². The van der Waals surface area contributed by atoms with Crippen LogP contribution in [-0.2, 0) is 4.74 Å². The molecule has 0 radical (unpaired) electrons. The molecule has 15 heavy (non-hydrogen) atoms. The molecule has 2 rings (SSSR count). The quantitative estimate of drug-likeness (QED) is 0.702. The fourth-order valence-corrected chi connectivity index (χ4v) is 1.32. The van der Waals surface area contributed by atoms with Crippen LogP contribution < -0.4 is 0 Å². The number of esters is 1. The molecule has 0 N–H and O–H groups in total. The highest BCUT2D eigenvalue weighted by atomic mass is 16.5. The average molecular weight is 204 g/mol. The zero-order chi connectivity index (χ0) is 10.8. The van der Waals surface area contributed by atoms with Crippen LogP contribution in [0.15, 0.2) is 30.7 Å². The van der Waals surface area contributed by atoms with E-state index < -0.39 is 0 Å². The van der Waals surface area contributed by atoms with E-state index in [-0.39, 0.29) is 12.1 Å². The highest BCUT2D eigenvalue weighted by Gasteiger charge is 2.09. The third-order valence-corrected chi connectivity index (χ3v) is 1.98. The molecule has 0 bridgehead atoms. The van der Waals surface area contributed by atoms with Gasteiger partial charge in [-0.25, -0.2) is 9.78 Å². The molecule has 4 nitrogen and oxygen atoms in total. The Morgan fingerprint density at radius 3 is 3.00 bits per heavy atom. The van der Waals surface area contributed by atoms with Crippen LogP contribution >= 0.6 is 0 Å². The van der Waals surface area contributed by atoms with Crippen molar-refractivity contribution in [3.8, 4) is 0 Å². The molecule has 2 heterocycles. The van der Waals surface area contributed by atoms with Gasteiger partial charge in [0.15, 0.2) is 0 Å². The van der Waals surface area contributed by atoms with E-state index >= 15 is 0 Å². The van der Waals surface area contributed by atoms with Gasteiger partial charge in [-0.1, -0.05) is 0 Å². The van der Waals surface area contributed by atoms with Gasteiger partial charge in [-0.15, -0.1) is 0 Å². The first-order valence-electron chi connectivity index (χ1n) is 4.80. The molecule has 0 spiro atoms. The smallest absolute Gasteiger partial charge is 0.338 e. The van der Waals surface area contributed by atoms with Crippen molar-refractivity contribution in [2.24, 2.45) is 0 Å². The largest absolute Gasteiger partial charge is 0.459 e. The van der Waals surface area contributed by atoms with Gasteiger partial charge in [-0.05, 0) is 26.0 Å². The number of pyridine rings is 1. The standard InChI is InChI=1S/C11H12N2O2/c1-8(2)15-11(14)9-3-5-13-6-4-12-10(13)7-9/h3-8H,1-2H3. The van der Waals surface area contributed by atoms with Gasteiger partial charge in [0, 0.05) is 18.6 Å². The first-order chi connectivity index (χ1) is 7.16. The van der Waals surface area contributed by atoms with Crippen LogP contribution in [-0.4, -0.2) is 21.5 Å². The topological polar surface area (TPSA) is 43.6 Å². The van der Waals surface area contributed by atoms with Crippen molar-refractivity contribution >= 4 is 11.6 Å². The molecule has 4 heteroatoms. The lowest BCUT2D eigenvalue weighted by Gasteiger charge is -2.07. The Hall–Kier alpha value is -1.84. The number of imidazole rings is 1. The van der Waals surface area contributed by atoms with Gasteiger partial charge in [-0.3, -0.25) is 0 Å². The zero-order valence-corrected chi connectivity index (χ0v) is 8.68. The van der Waals surface area contributed by atoms with Crippen molar-refractivity contribution in [3.05, 3.63) is 36.3 Å². The number of aromatic nitrogens is 2. The molecular weight excluding hydrogens is 192 g/mol. The van der Waals surface area contributed by atoms with Crippen LogP contribution in [0.25, 0.3) is 5.65 Å². The van der Waals surface area contributed by atoms with E-state index in [1.165, 1.54) is 0 Å². The maximum Gasteiger partial charge on any atom is 0.338 e. The second-order valence-corrected chi connectivity index (χ2v) is 3.56. The van der Waals surface area contributed by atoms with Gasteiger partial charge in [-0.2, -0.15) is 0 Å². The summed E-state index contributed by atoms with van der Waals surface area (Å²) in [6, 6.07) is 3.43. The lowest BCUT2D eigenvalue weighted by Crippen LogP contribution is -2.11. The second kappa shape index (κ2) is 3.73. The summed E-state index contributed by atoms with van der Waals surface area (Å²) in [7, 11) is 0. The number of fused-ring (bicyclic) bond motifs is 1. The minimum atomic E-state index is -0.310. The van der Waals surface area contributed by atoms with Crippen molar-refractivity contribution in [2.75, 3.05) is 0 Å². The normalized spacial score (nSPS) is 10.9. The van der Waals surface area contributed by atoms with Gasteiger partial charge in [0.25, 0.3) is 0 Å². The van der Waals surface area contributed by atoms with Gasteiger partial charge < -0.3 is 9.14 Å². The van der Waals surface area contributed by atoms with Crippen LogP contribution in [0, 0.1) is 0 Å². The summed E-state index contributed by atoms with van der Waals surface area (Å²) in [5.41, 5.74) is 1.27. The van der Waals surface area contributed by atoms with Crippen molar-refractivity contribution < 1.29 is 9.53 Å². The van der Waals surface area contributed by atoms with Crippen molar-refractivity contribution in [2.45, 2.75) is 20.0 Å². The number of carbonyl (C=O) groups is 1. The highest BCUT2D eigenvalue weighted by Crippen LogP contribution is 2.07. The van der Waals surface area contributed by atoms with Crippen molar-refractivity contribution in [1.82, 2.24) is 9.38 Å². The summed E-state index contributed by atoms with van der Waals surface area (Å²) >= 11 is 0. The molecule has 0 saturated heterocycles. The van der Waals surface area contributed by atoms with Crippen molar-refractivity contribution in [3.63, 3.8) is 0 Å². The van der Waals surface area contributed by atoms with Gasteiger partial charge in [0.2, 0.25) is 0 Å². The number of rotatable bonds is 2. The van der Waals surface area contributed by atoms with Crippen LogP contribution in [0.5, 0.6) is 0 Å². The molecule has 0 aliphatic heterocycles. The Bertz CT molecular complexity index is 488. The SMILES string of the molecule is CC(C)OC(=O)c1ccn2ccnc2c1. The summed E-state index contributed by atoms with van der Waals surface area (Å²) in [5.74, 6) is -0.310. The molecule has 0 fully saturated rings. The van der Waals surface area contributed by atoms with E-state index in [9.17, 15) is 4.79 Å². The van der Waals surface area contributed by atoms with Gasteiger partial charge in [0.05, 0.1) is 11.7 Å². The molecular formula is C11H12N2O2. The van der Waals surface area contributed by atoms with E-state index in [1.54, 1.807) is 24.5 Å². The summed E-state index contributed by atoms with van der Waals surface area (Å²) in [4.78, 5) is 15.7. The third-order valence-electron chi connectivity index (χ3n) is 1.98. The zero-order valence-electron chi connectivity index (χ0n) is 8.68. The molecule has 0 atom stereocenters. The van der Waals surface area contributed by atoms with Gasteiger partial charge in [0.1, 0.15) is 5.65 Å². The fraction of sp³-hybridized carbons (Fsp3) is 0.273. The maximum atomic E-state index is 11.6. The third kappa shape index (κ3) is 1.98. The molecule has 0 amide bonds. The lowest BCUT2D eigenvalue weighted by molar-refractivity contribution is 0.0378. The molecule has 0 saturated carbocycles. The Morgan fingerprint density at radius 2 is 2.27 bits per heavy atom. The predicted octanol–water partition coefficient (Wildman–Crippen LogP) is 1.90. The van der Waals surface area contributed by atoms with E-state index in [2.05, 4.69) is 4.98 Å². The Balaban J connectivity index is 2.31. The van der Waals surface area contributed by atoms with E-state index in [0.717, 1.165) is 5.65 Å². The number of ether oxygens (including phenoxy) is 1. The van der Waals surface area contributed by atoms with Gasteiger partial charge >= 0.3 is 5.97 Å². The van der Waals surface area contributed by atoms with Crippen LogP contribution in [0.2, 0.25) is 0 Å². The van der Waals surface area contributed by atoms with E-state index in [1.807, 2.05) is 24.4 Å². The molecule has 0 aliphatic carbocycles. The summed E-state index contributed by atoms with van der Waals surface area (Å²) in [5, 5.41) is 0. The maximum absolute atomic E-state index is 11.6. The summed E-state index contributed by atoms with van der Waals surface area (Å²) < 4.78 is 6.93. The first-order valence-corrected chi connectivity index (χ1v) is 4.80. The predicted molar refractivity (Wildman–Crippen MR) is 55.7 cm³/mol. The van der Waals surface area contributed by atoms with Crippen LogP contribution in [0.4, 0.5) is 0 Å². The Morgan fingerprint density at radius 1 is 1.47 bits per heavy atom. The molecule has 2 aromatic heterocycles. The summed E-state index contributed by atoms with van der Waals surface area (Å²) in [6.07, 6.45) is 5.20. The first kappa shape index (κ1) is 9.71. The molecule has 78 valence electrons. The number of carbonyl (C=O) groups excluding carboxylic acids is 1. The fourth-order valence-electron chi connectivity index (χ4n) is 1.32. The highest BCUT2D eigenvalue weighted by molar-refractivity contribution is 5.90. The van der Waals surface area contributed by atoms with Crippen molar-refractivity contribution in [1.29, 1.82) is 0 Å². The van der Waals surface area contributed by atoms with E-state index in [0.29, 0.717) is 5.56 Å². The Kier molecular flexibility index (Phi) is 2.41. The minimum Gasteiger partial charge on any atom is -0.459 e. The number of hydrogen-bond acceptors (Lipinski definition) is 3. The molecule has 0 unspecified atom stereocenters.